The van der Waals surface area contributed by atoms with Crippen LogP contribution in [0, 0.1) is 9.39 Å². The number of nitrogens with zero attached hydrogens (tertiary/aromatic N) is 1. The highest BCUT2D eigenvalue weighted by atomic mass is 127. The summed E-state index contributed by atoms with van der Waals surface area (Å²) in [6, 6.07) is 9.45. The van der Waals surface area contributed by atoms with Crippen molar-refractivity contribution < 1.29 is 28.9 Å². The summed E-state index contributed by atoms with van der Waals surface area (Å²) in [5.41, 5.74) is -0.242. The quantitative estimate of drug-likeness (QED) is 0.293. The number of aliphatic hydroxyl groups excluding tert-OH is 1. The number of rotatable bonds is 9. The number of ether oxygens (including phenoxy) is 2. The van der Waals surface area contributed by atoms with Crippen molar-refractivity contribution in [2.75, 3.05) is 25.6 Å². The van der Waals surface area contributed by atoms with Gasteiger partial charge < -0.3 is 30.0 Å². The number of halogens is 2. The summed E-state index contributed by atoms with van der Waals surface area (Å²) in [7, 11) is 1.36. The third-order valence-corrected chi connectivity index (χ3v) is 5.63. The zero-order valence-electron chi connectivity index (χ0n) is 17.8. The lowest BCUT2D eigenvalue weighted by atomic mass is 10.1. The summed E-state index contributed by atoms with van der Waals surface area (Å²) in [5, 5.41) is 22.2. The van der Waals surface area contributed by atoms with E-state index in [1.54, 1.807) is 37.3 Å². The number of hydrogen-bond donors (Lipinski definition) is 4. The number of methoxy groups -OCH3 is 1. The van der Waals surface area contributed by atoms with E-state index >= 15 is 0 Å². The third-order valence-electron chi connectivity index (χ3n) is 4.96. The Kier molecular flexibility index (Phi) is 8.10. The first-order chi connectivity index (χ1) is 15.8. The number of carbonyl (C=O) groups is 1. The van der Waals surface area contributed by atoms with Crippen LogP contribution in [-0.4, -0.2) is 52.1 Å². The fourth-order valence-corrected chi connectivity index (χ4v) is 3.70. The molecule has 0 fully saturated rings. The monoisotopic (exact) mass is 571 g/mol. The fourth-order valence-electron chi connectivity index (χ4n) is 3.25. The molecule has 4 N–H and O–H groups in total. The molecule has 11 heteroatoms. The van der Waals surface area contributed by atoms with Crippen molar-refractivity contribution in [2.45, 2.75) is 19.1 Å². The Hall–Kier alpha value is -2.90. The van der Waals surface area contributed by atoms with E-state index in [0.29, 0.717) is 14.9 Å². The molecule has 0 aliphatic carbocycles. The maximum absolute atomic E-state index is 14.3. The van der Waals surface area contributed by atoms with Gasteiger partial charge in [0.15, 0.2) is 0 Å². The molecule has 176 valence electrons. The molecule has 0 aliphatic heterocycles. The second-order valence-electron chi connectivity index (χ2n) is 7.09. The SMILES string of the molecule is CO[C@H](C)[C@@H](C(=O)Nc1ccc(I)cc1F)n1c(O)c(-c2ccc(OCCO)cc2)[nH]c1=O. The largest absolute Gasteiger partial charge is 0.493 e. The van der Waals surface area contributed by atoms with Crippen LogP contribution in [0.5, 0.6) is 11.6 Å². The number of aromatic amines is 1. The smallest absolute Gasteiger partial charge is 0.329 e. The molecular weight excluding hydrogens is 548 g/mol. The van der Waals surface area contributed by atoms with Crippen LogP contribution in [-0.2, 0) is 9.53 Å². The Morgan fingerprint density at radius 3 is 2.58 bits per heavy atom. The molecule has 0 spiro atoms. The van der Waals surface area contributed by atoms with E-state index in [-0.39, 0.29) is 24.6 Å². The van der Waals surface area contributed by atoms with Gasteiger partial charge in [-0.25, -0.2) is 13.8 Å². The van der Waals surface area contributed by atoms with Crippen LogP contribution in [0.25, 0.3) is 11.3 Å². The summed E-state index contributed by atoms with van der Waals surface area (Å²) in [6.45, 7) is 1.55. The van der Waals surface area contributed by atoms with E-state index in [9.17, 15) is 19.1 Å². The number of benzene rings is 2. The van der Waals surface area contributed by atoms with Gasteiger partial charge in [0, 0.05) is 16.2 Å². The molecular formula is C22H23FIN3O6. The molecule has 33 heavy (non-hydrogen) atoms. The summed E-state index contributed by atoms with van der Waals surface area (Å²) in [5.74, 6) is -1.34. The molecule has 9 nitrogen and oxygen atoms in total. The lowest BCUT2D eigenvalue weighted by molar-refractivity contribution is -0.123. The molecule has 1 amide bonds. The van der Waals surface area contributed by atoms with Gasteiger partial charge >= 0.3 is 5.69 Å². The second kappa shape index (κ2) is 10.8. The molecule has 1 heterocycles. The van der Waals surface area contributed by atoms with E-state index in [2.05, 4.69) is 10.3 Å². The number of aromatic nitrogens is 2. The molecule has 0 saturated heterocycles. The molecule has 1 aromatic heterocycles. The van der Waals surface area contributed by atoms with Crippen LogP contribution in [0.2, 0.25) is 0 Å². The Morgan fingerprint density at radius 1 is 1.27 bits per heavy atom. The number of nitrogens with one attached hydrogen (secondary N) is 2. The number of hydrogen-bond acceptors (Lipinski definition) is 6. The average Bonchev–Trinajstić information content (AvgIpc) is 3.08. The van der Waals surface area contributed by atoms with Gasteiger partial charge in [0.1, 0.15) is 29.9 Å². The highest BCUT2D eigenvalue weighted by Gasteiger charge is 2.33. The molecule has 3 aromatic rings. The minimum Gasteiger partial charge on any atom is -0.493 e. The molecule has 0 bridgehead atoms. The Balaban J connectivity index is 1.96. The maximum Gasteiger partial charge on any atom is 0.329 e. The van der Waals surface area contributed by atoms with Gasteiger partial charge in [-0.2, -0.15) is 0 Å². The van der Waals surface area contributed by atoms with E-state index in [4.69, 9.17) is 14.6 Å². The Labute approximate surface area is 202 Å². The van der Waals surface area contributed by atoms with Gasteiger partial charge in [-0.3, -0.25) is 4.79 Å². The predicted molar refractivity (Wildman–Crippen MR) is 128 cm³/mol. The van der Waals surface area contributed by atoms with Gasteiger partial charge in [0.25, 0.3) is 5.91 Å². The number of carbonyl (C=O) groups excluding carboxylic acids is 1. The summed E-state index contributed by atoms with van der Waals surface area (Å²) >= 11 is 1.95. The Bertz CT molecular complexity index is 1180. The first-order valence-electron chi connectivity index (χ1n) is 9.93. The van der Waals surface area contributed by atoms with Gasteiger partial charge in [-0.15, -0.1) is 0 Å². The molecule has 0 aliphatic rings. The van der Waals surface area contributed by atoms with Crippen LogP contribution in [0.1, 0.15) is 13.0 Å². The highest BCUT2D eigenvalue weighted by molar-refractivity contribution is 14.1. The van der Waals surface area contributed by atoms with Gasteiger partial charge in [0.05, 0.1) is 18.4 Å². The summed E-state index contributed by atoms with van der Waals surface area (Å²) in [4.78, 5) is 28.4. The van der Waals surface area contributed by atoms with E-state index in [1.165, 1.54) is 19.2 Å². The number of amides is 1. The topological polar surface area (TPSA) is 126 Å². The Morgan fingerprint density at radius 2 is 1.97 bits per heavy atom. The van der Waals surface area contributed by atoms with E-state index < -0.39 is 35.4 Å². The van der Waals surface area contributed by atoms with Crippen molar-refractivity contribution in [1.82, 2.24) is 9.55 Å². The zero-order valence-corrected chi connectivity index (χ0v) is 20.0. The molecule has 0 unspecified atom stereocenters. The van der Waals surface area contributed by atoms with Gasteiger partial charge in [-0.1, -0.05) is 0 Å². The normalized spacial score (nSPS) is 12.9. The first-order valence-corrected chi connectivity index (χ1v) is 11.0. The third kappa shape index (κ3) is 5.54. The van der Waals surface area contributed by atoms with Crippen molar-refractivity contribution in [2.24, 2.45) is 0 Å². The molecule has 3 rings (SSSR count). The minimum atomic E-state index is -1.29. The second-order valence-corrected chi connectivity index (χ2v) is 8.34. The lowest BCUT2D eigenvalue weighted by Gasteiger charge is -2.23. The van der Waals surface area contributed by atoms with Crippen LogP contribution < -0.4 is 15.7 Å². The number of aliphatic hydroxyl groups is 1. The van der Waals surface area contributed by atoms with Gasteiger partial charge in [-0.05, 0) is 72.0 Å². The van der Waals surface area contributed by atoms with Crippen LogP contribution in [0.3, 0.4) is 0 Å². The minimum absolute atomic E-state index is 0.0597. The van der Waals surface area contributed by atoms with Crippen LogP contribution in [0.15, 0.2) is 47.3 Å². The highest BCUT2D eigenvalue weighted by Crippen LogP contribution is 2.31. The standard InChI is InChI=1S/C22H23FIN3O6/c1-12(32-2)19(20(29)25-17-8-5-14(24)11-16(17)23)27-21(30)18(26-22(27)31)13-3-6-15(7-4-13)33-10-9-28/h3-8,11-12,19,28,30H,9-10H2,1-2H3,(H,25,29)(H,26,31)/t12-,19+/m1/s1. The fraction of sp³-hybridized carbons (Fsp3) is 0.273. The van der Waals surface area contributed by atoms with Crippen LogP contribution in [0.4, 0.5) is 10.1 Å². The molecule has 2 atom stereocenters. The number of H-pyrrole nitrogens is 1. The first kappa shape index (κ1) is 24.7. The van der Waals surface area contributed by atoms with Crippen molar-refractivity contribution >= 4 is 34.2 Å². The van der Waals surface area contributed by atoms with Gasteiger partial charge in [0.2, 0.25) is 5.88 Å². The zero-order chi connectivity index (χ0) is 24.1. The lowest BCUT2D eigenvalue weighted by Crippen LogP contribution is -2.39. The molecule has 0 saturated carbocycles. The predicted octanol–water partition coefficient (Wildman–Crippen LogP) is 2.88. The molecule has 0 radical (unpaired) electrons. The van der Waals surface area contributed by atoms with E-state index in [0.717, 1.165) is 4.57 Å². The van der Waals surface area contributed by atoms with Crippen molar-refractivity contribution in [3.05, 3.63) is 62.3 Å². The molecule has 2 aromatic carbocycles. The number of anilines is 1. The number of aromatic hydroxyl groups is 1. The summed E-state index contributed by atoms with van der Waals surface area (Å²) in [6.07, 6.45) is -0.835. The number of imidazole rings is 1. The van der Waals surface area contributed by atoms with Crippen molar-refractivity contribution in [1.29, 1.82) is 0 Å². The van der Waals surface area contributed by atoms with Crippen molar-refractivity contribution in [3.8, 4) is 22.9 Å². The van der Waals surface area contributed by atoms with Crippen LogP contribution >= 0.6 is 22.6 Å². The average molecular weight is 571 g/mol. The summed E-state index contributed by atoms with van der Waals surface area (Å²) < 4.78 is 26.4. The van der Waals surface area contributed by atoms with Crippen molar-refractivity contribution in [3.63, 3.8) is 0 Å². The van der Waals surface area contributed by atoms with E-state index in [1.807, 2.05) is 22.6 Å². The maximum atomic E-state index is 14.3.